The van der Waals surface area contributed by atoms with Crippen molar-refractivity contribution in [2.45, 2.75) is 26.2 Å². The van der Waals surface area contributed by atoms with Gasteiger partial charge in [0.1, 0.15) is 9.71 Å². The van der Waals surface area contributed by atoms with Crippen LogP contribution in [0.2, 0.25) is 0 Å². The lowest BCUT2D eigenvalue weighted by Gasteiger charge is -2.16. The number of likely N-dealkylation sites (tertiary alicyclic amines) is 1. The van der Waals surface area contributed by atoms with Crippen LogP contribution < -0.4 is 10.6 Å². The quantitative estimate of drug-likeness (QED) is 0.648. The van der Waals surface area contributed by atoms with Crippen molar-refractivity contribution in [3.8, 4) is 0 Å². The van der Waals surface area contributed by atoms with Crippen LogP contribution in [-0.4, -0.2) is 53.4 Å². The van der Waals surface area contributed by atoms with Crippen LogP contribution >= 0.6 is 22.7 Å². The first-order valence-electron chi connectivity index (χ1n) is 9.63. The molecule has 4 heterocycles. The Bertz CT molecular complexity index is 1070. The zero-order valence-corrected chi connectivity index (χ0v) is 18.2. The third-order valence-electron chi connectivity index (χ3n) is 5.14. The molecule has 29 heavy (non-hydrogen) atoms. The molecule has 0 saturated carbocycles. The molecule has 1 aliphatic heterocycles. The van der Waals surface area contributed by atoms with E-state index in [0.717, 1.165) is 39.6 Å². The predicted molar refractivity (Wildman–Crippen MR) is 117 cm³/mol. The van der Waals surface area contributed by atoms with Gasteiger partial charge in [-0.3, -0.25) is 9.59 Å². The van der Waals surface area contributed by atoms with Gasteiger partial charge in [0.2, 0.25) is 0 Å². The van der Waals surface area contributed by atoms with Crippen molar-refractivity contribution in [3.63, 3.8) is 0 Å². The van der Waals surface area contributed by atoms with E-state index in [1.807, 2.05) is 30.9 Å². The van der Waals surface area contributed by atoms with E-state index in [2.05, 4.69) is 20.6 Å². The van der Waals surface area contributed by atoms with Crippen LogP contribution in [0.25, 0.3) is 10.2 Å². The molecule has 0 unspecified atom stereocenters. The number of carbonyl (C=O) groups excluding carboxylic acids is 2. The average Bonchev–Trinajstić information content (AvgIpc) is 3.43. The lowest BCUT2D eigenvalue weighted by Crippen LogP contribution is -2.28. The van der Waals surface area contributed by atoms with Gasteiger partial charge in [0.05, 0.1) is 10.6 Å². The van der Waals surface area contributed by atoms with Gasteiger partial charge < -0.3 is 15.5 Å². The zero-order valence-electron chi connectivity index (χ0n) is 16.6. The molecule has 1 fully saturated rings. The Labute approximate surface area is 177 Å². The molecule has 2 N–H and O–H groups in total. The van der Waals surface area contributed by atoms with Crippen LogP contribution in [0.5, 0.6) is 0 Å². The monoisotopic (exact) mass is 429 g/mol. The maximum atomic E-state index is 13.1. The second kappa shape index (κ2) is 8.08. The summed E-state index contributed by atoms with van der Waals surface area (Å²) in [6, 6.07) is 3.91. The van der Waals surface area contributed by atoms with Crippen LogP contribution in [0.3, 0.4) is 0 Å². The van der Waals surface area contributed by atoms with Crippen molar-refractivity contribution in [3.05, 3.63) is 39.3 Å². The number of aromatic nitrogens is 2. The molecule has 1 aliphatic rings. The number of aryl methyl sites for hydroxylation is 1. The third kappa shape index (κ3) is 3.60. The fraction of sp³-hybridized carbons (Fsp3) is 0.400. The maximum absolute atomic E-state index is 13.1. The lowest BCUT2D eigenvalue weighted by atomic mass is 9.95. The van der Waals surface area contributed by atoms with Gasteiger partial charge in [-0.15, -0.1) is 11.3 Å². The minimum absolute atomic E-state index is 0.0193. The summed E-state index contributed by atoms with van der Waals surface area (Å²) in [6.45, 7) is 5.92. The Morgan fingerprint density at radius 3 is 2.90 bits per heavy atom. The molecule has 152 valence electrons. The van der Waals surface area contributed by atoms with Gasteiger partial charge in [0.15, 0.2) is 5.13 Å². The summed E-state index contributed by atoms with van der Waals surface area (Å²) < 4.78 is 0. The summed E-state index contributed by atoms with van der Waals surface area (Å²) >= 11 is 2.82. The molecule has 9 heteroatoms. The Kier molecular flexibility index (Phi) is 5.51. The van der Waals surface area contributed by atoms with Gasteiger partial charge in [-0.2, -0.15) is 0 Å². The van der Waals surface area contributed by atoms with Crippen molar-refractivity contribution < 1.29 is 9.59 Å². The number of fused-ring (bicyclic) bond motifs is 1. The highest BCUT2D eigenvalue weighted by molar-refractivity contribution is 7.20. The van der Waals surface area contributed by atoms with Crippen LogP contribution in [-0.2, 0) is 0 Å². The van der Waals surface area contributed by atoms with Crippen molar-refractivity contribution in [1.29, 1.82) is 0 Å². The normalized spacial score (nSPS) is 16.4. The summed E-state index contributed by atoms with van der Waals surface area (Å²) in [4.78, 5) is 38.6. The van der Waals surface area contributed by atoms with Crippen LogP contribution in [0.1, 0.15) is 49.9 Å². The van der Waals surface area contributed by atoms with Gasteiger partial charge in [-0.1, -0.05) is 17.4 Å². The highest BCUT2D eigenvalue weighted by Crippen LogP contribution is 2.40. The number of anilines is 1. The minimum Gasteiger partial charge on any atom is -0.362 e. The molecule has 2 amide bonds. The second-order valence-electron chi connectivity index (χ2n) is 6.98. The first kappa shape index (κ1) is 19.8. The molecule has 1 saturated heterocycles. The average molecular weight is 430 g/mol. The lowest BCUT2D eigenvalue weighted by molar-refractivity contribution is 0.0794. The van der Waals surface area contributed by atoms with E-state index in [-0.39, 0.29) is 17.7 Å². The maximum Gasteiger partial charge on any atom is 0.265 e. The van der Waals surface area contributed by atoms with E-state index < -0.39 is 0 Å². The number of nitrogens with one attached hydrogen (secondary N) is 2. The van der Waals surface area contributed by atoms with Gasteiger partial charge in [0, 0.05) is 44.2 Å². The van der Waals surface area contributed by atoms with E-state index in [1.165, 1.54) is 22.7 Å². The smallest absolute Gasteiger partial charge is 0.265 e. The number of rotatable bonds is 5. The van der Waals surface area contributed by atoms with Gasteiger partial charge in [0.25, 0.3) is 11.8 Å². The minimum atomic E-state index is -0.0960. The first-order valence-corrected chi connectivity index (χ1v) is 11.3. The van der Waals surface area contributed by atoms with Gasteiger partial charge >= 0.3 is 0 Å². The molecular weight excluding hydrogens is 406 g/mol. The zero-order chi connectivity index (χ0) is 20.5. The van der Waals surface area contributed by atoms with E-state index in [0.29, 0.717) is 22.8 Å². The summed E-state index contributed by atoms with van der Waals surface area (Å²) in [6.07, 6.45) is 2.57. The molecule has 0 aliphatic carbocycles. The van der Waals surface area contributed by atoms with Gasteiger partial charge in [-0.25, -0.2) is 9.97 Å². The standard InChI is InChI=1S/C20H23N5O2S2/c1-4-22-20-24-11(2)15(29-20)19(27)25-9-7-12(10-25)14-13-6-5-8-23-18(13)28-16(14)17(26)21-3/h5-6,8,12H,4,7,9-10H2,1-3H3,(H,21,26)(H,22,24)/t12-/m1/s1. The fourth-order valence-electron chi connectivity index (χ4n) is 3.78. The van der Waals surface area contributed by atoms with Gasteiger partial charge in [-0.05, 0) is 31.9 Å². The predicted octanol–water partition coefficient (Wildman–Crippen LogP) is 3.48. The van der Waals surface area contributed by atoms with E-state index in [9.17, 15) is 9.59 Å². The molecule has 0 aromatic carbocycles. The number of nitrogens with zero attached hydrogens (tertiary/aromatic N) is 3. The molecular formula is C20H23N5O2S2. The van der Waals surface area contributed by atoms with E-state index in [1.54, 1.807) is 13.2 Å². The number of thiophene rings is 1. The summed E-state index contributed by atoms with van der Waals surface area (Å²) in [5.74, 6) is 0.0397. The highest BCUT2D eigenvalue weighted by Gasteiger charge is 2.34. The number of carbonyl (C=O) groups is 2. The van der Waals surface area contributed by atoms with Crippen molar-refractivity contribution in [2.24, 2.45) is 0 Å². The number of hydrogen-bond acceptors (Lipinski definition) is 7. The summed E-state index contributed by atoms with van der Waals surface area (Å²) in [7, 11) is 1.64. The molecule has 0 spiro atoms. The highest BCUT2D eigenvalue weighted by atomic mass is 32.1. The summed E-state index contributed by atoms with van der Waals surface area (Å²) in [5.41, 5.74) is 1.78. The summed E-state index contributed by atoms with van der Waals surface area (Å²) in [5, 5.41) is 7.71. The Morgan fingerprint density at radius 2 is 2.14 bits per heavy atom. The molecule has 0 radical (unpaired) electrons. The molecule has 1 atom stereocenters. The Hall–Kier alpha value is -2.52. The molecule has 7 nitrogen and oxygen atoms in total. The first-order chi connectivity index (χ1) is 14.0. The van der Waals surface area contributed by atoms with Crippen LogP contribution in [0, 0.1) is 6.92 Å². The van der Waals surface area contributed by atoms with E-state index in [4.69, 9.17) is 0 Å². The number of thiazole rings is 1. The second-order valence-corrected chi connectivity index (χ2v) is 8.98. The Balaban J connectivity index is 1.62. The van der Waals surface area contributed by atoms with Crippen LogP contribution in [0.4, 0.5) is 5.13 Å². The number of amides is 2. The fourth-order valence-corrected chi connectivity index (χ4v) is 5.96. The van der Waals surface area contributed by atoms with Crippen molar-refractivity contribution in [2.75, 3.05) is 32.0 Å². The topological polar surface area (TPSA) is 87.2 Å². The number of hydrogen-bond donors (Lipinski definition) is 2. The molecule has 3 aromatic rings. The van der Waals surface area contributed by atoms with E-state index >= 15 is 0 Å². The molecule has 4 rings (SSSR count). The largest absolute Gasteiger partial charge is 0.362 e. The molecule has 0 bridgehead atoms. The SMILES string of the molecule is CCNc1nc(C)c(C(=O)N2CC[C@@H](c3c(C(=O)NC)sc4ncccc34)C2)s1. The molecule has 3 aromatic heterocycles. The van der Waals surface area contributed by atoms with Crippen molar-refractivity contribution in [1.82, 2.24) is 20.2 Å². The van der Waals surface area contributed by atoms with Crippen molar-refractivity contribution >= 4 is 49.8 Å². The Morgan fingerprint density at radius 1 is 1.31 bits per heavy atom. The number of pyridine rings is 1. The third-order valence-corrected chi connectivity index (χ3v) is 7.37. The van der Waals surface area contributed by atoms with Crippen LogP contribution in [0.15, 0.2) is 18.3 Å².